The molecule has 0 spiro atoms. The van der Waals surface area contributed by atoms with Crippen LogP contribution in [0.3, 0.4) is 0 Å². The number of sulfonamides is 1. The highest BCUT2D eigenvalue weighted by Gasteiger charge is 2.30. The van der Waals surface area contributed by atoms with Crippen LogP contribution in [-0.2, 0) is 26.2 Å². The molecule has 0 saturated heterocycles. The molecule has 0 aromatic heterocycles. The SMILES string of the molecule is CC[C@H](C)NC(=O)[C@H](C)N(Cc1ccc(Cl)c(Cl)c1)C(=O)CN(c1cc(Cl)cc(Cl)c1)S(C)(=O)=O. The van der Waals surface area contributed by atoms with Crippen LogP contribution in [-0.4, -0.2) is 50.0 Å². The Labute approximate surface area is 226 Å². The van der Waals surface area contributed by atoms with Crippen LogP contribution in [0.5, 0.6) is 0 Å². The van der Waals surface area contributed by atoms with Crippen LogP contribution < -0.4 is 9.62 Å². The molecular formula is C23H27Cl4N3O4S. The predicted octanol–water partition coefficient (Wildman–Crippen LogP) is 5.40. The third-order valence-corrected chi connectivity index (χ3v) is 7.64. The highest BCUT2D eigenvalue weighted by molar-refractivity contribution is 7.92. The van der Waals surface area contributed by atoms with Crippen LogP contribution in [0.2, 0.25) is 20.1 Å². The topological polar surface area (TPSA) is 86.8 Å². The van der Waals surface area contributed by atoms with Gasteiger partial charge in [0.2, 0.25) is 21.8 Å². The summed E-state index contributed by atoms with van der Waals surface area (Å²) in [5.41, 5.74) is 0.747. The number of carbonyl (C=O) groups is 2. The van der Waals surface area contributed by atoms with E-state index in [0.717, 1.165) is 10.6 Å². The quantitative estimate of drug-likeness (QED) is 0.406. The van der Waals surface area contributed by atoms with Gasteiger partial charge in [0, 0.05) is 22.6 Å². The molecule has 1 N–H and O–H groups in total. The standard InChI is InChI=1S/C23H27Cl4N3O4S/c1-5-14(2)28-23(32)15(3)29(12-16-6-7-20(26)21(27)8-16)22(31)13-30(35(4,33)34)19-10-17(24)9-18(25)11-19/h6-11,14-15H,5,12-13H2,1-4H3,(H,28,32)/t14-,15-/m0/s1. The molecule has 0 heterocycles. The fourth-order valence-electron chi connectivity index (χ4n) is 3.18. The van der Waals surface area contributed by atoms with Crippen molar-refractivity contribution in [3.8, 4) is 0 Å². The number of amides is 2. The fraction of sp³-hybridized carbons (Fsp3) is 0.391. The largest absolute Gasteiger partial charge is 0.352 e. The van der Waals surface area contributed by atoms with E-state index >= 15 is 0 Å². The van der Waals surface area contributed by atoms with Crippen LogP contribution >= 0.6 is 46.4 Å². The Balaban J connectivity index is 2.44. The third-order valence-electron chi connectivity index (χ3n) is 5.32. The van der Waals surface area contributed by atoms with Gasteiger partial charge in [0.1, 0.15) is 12.6 Å². The number of carbonyl (C=O) groups excluding carboxylic acids is 2. The Hall–Kier alpha value is -1.71. The number of hydrogen-bond donors (Lipinski definition) is 1. The molecule has 0 unspecified atom stereocenters. The van der Waals surface area contributed by atoms with Gasteiger partial charge in [-0.05, 0) is 56.2 Å². The molecule has 2 rings (SSSR count). The molecule has 35 heavy (non-hydrogen) atoms. The van der Waals surface area contributed by atoms with Gasteiger partial charge < -0.3 is 10.2 Å². The number of nitrogens with one attached hydrogen (secondary N) is 1. The van der Waals surface area contributed by atoms with Crippen molar-refractivity contribution >= 4 is 73.9 Å². The van der Waals surface area contributed by atoms with Gasteiger partial charge in [-0.15, -0.1) is 0 Å². The summed E-state index contributed by atoms with van der Waals surface area (Å²) in [5.74, 6) is -0.978. The third kappa shape index (κ3) is 8.43. The minimum Gasteiger partial charge on any atom is -0.352 e. The Morgan fingerprint density at radius 2 is 1.57 bits per heavy atom. The second-order valence-corrected chi connectivity index (χ2v) is 11.8. The second kappa shape index (κ2) is 12.5. The number of hydrogen-bond acceptors (Lipinski definition) is 4. The number of benzene rings is 2. The van der Waals surface area contributed by atoms with Gasteiger partial charge in [0.15, 0.2) is 0 Å². The maximum absolute atomic E-state index is 13.5. The zero-order valence-electron chi connectivity index (χ0n) is 19.7. The molecule has 0 bridgehead atoms. The summed E-state index contributed by atoms with van der Waals surface area (Å²) in [4.78, 5) is 27.7. The first-order valence-electron chi connectivity index (χ1n) is 10.7. The molecule has 0 aliphatic carbocycles. The van der Waals surface area contributed by atoms with Crippen LogP contribution in [0.15, 0.2) is 36.4 Å². The van der Waals surface area contributed by atoms with E-state index in [1.54, 1.807) is 25.1 Å². The molecule has 0 aliphatic rings. The molecule has 7 nitrogen and oxygen atoms in total. The number of anilines is 1. The molecule has 2 aromatic rings. The number of halogens is 4. The first-order chi connectivity index (χ1) is 16.2. The Kier molecular flexibility index (Phi) is 10.5. The van der Waals surface area contributed by atoms with E-state index in [4.69, 9.17) is 46.4 Å². The second-order valence-electron chi connectivity index (χ2n) is 8.16. The summed E-state index contributed by atoms with van der Waals surface area (Å²) in [7, 11) is -3.90. The lowest BCUT2D eigenvalue weighted by atomic mass is 10.1. The highest BCUT2D eigenvalue weighted by Crippen LogP contribution is 2.28. The van der Waals surface area contributed by atoms with Gasteiger partial charge in [-0.2, -0.15) is 0 Å². The normalized spacial score (nSPS) is 13.1. The molecule has 0 fully saturated rings. The highest BCUT2D eigenvalue weighted by atomic mass is 35.5. The van der Waals surface area contributed by atoms with E-state index in [9.17, 15) is 18.0 Å². The molecule has 2 atom stereocenters. The summed E-state index contributed by atoms with van der Waals surface area (Å²) in [6.07, 6.45) is 1.67. The Morgan fingerprint density at radius 1 is 0.971 bits per heavy atom. The maximum Gasteiger partial charge on any atom is 0.244 e. The van der Waals surface area contributed by atoms with Crippen LogP contribution in [0.1, 0.15) is 32.8 Å². The first-order valence-corrected chi connectivity index (χ1v) is 14.1. The van der Waals surface area contributed by atoms with Crippen LogP contribution in [0.25, 0.3) is 0 Å². The van der Waals surface area contributed by atoms with Crippen molar-refractivity contribution in [2.75, 3.05) is 17.1 Å². The maximum atomic E-state index is 13.5. The molecule has 2 amide bonds. The predicted molar refractivity (Wildman–Crippen MR) is 143 cm³/mol. The molecular weight excluding hydrogens is 556 g/mol. The van der Waals surface area contributed by atoms with Gasteiger partial charge in [-0.1, -0.05) is 59.4 Å². The summed E-state index contributed by atoms with van der Waals surface area (Å²) >= 11 is 24.2. The summed E-state index contributed by atoms with van der Waals surface area (Å²) in [6, 6.07) is 8.08. The number of rotatable bonds is 10. The lowest BCUT2D eigenvalue weighted by molar-refractivity contribution is -0.139. The van der Waals surface area contributed by atoms with Gasteiger partial charge in [0.05, 0.1) is 22.0 Å². The lowest BCUT2D eigenvalue weighted by Crippen LogP contribution is -2.52. The van der Waals surface area contributed by atoms with Gasteiger partial charge in [0.25, 0.3) is 0 Å². The van der Waals surface area contributed by atoms with E-state index in [-0.39, 0.29) is 34.2 Å². The molecule has 2 aromatic carbocycles. The summed E-state index contributed by atoms with van der Waals surface area (Å²) < 4.78 is 26.1. The molecule has 0 radical (unpaired) electrons. The molecule has 0 aliphatic heterocycles. The van der Waals surface area contributed by atoms with Crippen molar-refractivity contribution < 1.29 is 18.0 Å². The molecule has 192 valence electrons. The Morgan fingerprint density at radius 3 is 2.09 bits per heavy atom. The zero-order chi connectivity index (χ0) is 26.5. The average Bonchev–Trinajstić information content (AvgIpc) is 2.75. The zero-order valence-corrected chi connectivity index (χ0v) is 23.5. The summed E-state index contributed by atoms with van der Waals surface area (Å²) in [6.45, 7) is 4.78. The van der Waals surface area contributed by atoms with E-state index in [1.807, 2.05) is 13.8 Å². The monoisotopic (exact) mass is 581 g/mol. The number of nitrogens with zero attached hydrogens (tertiary/aromatic N) is 2. The van der Waals surface area contributed by atoms with Crippen LogP contribution in [0, 0.1) is 0 Å². The summed E-state index contributed by atoms with van der Waals surface area (Å²) in [5, 5.41) is 3.91. The smallest absolute Gasteiger partial charge is 0.244 e. The van der Waals surface area contributed by atoms with Crippen molar-refractivity contribution in [3.63, 3.8) is 0 Å². The van der Waals surface area contributed by atoms with E-state index in [0.29, 0.717) is 22.0 Å². The molecule has 0 saturated carbocycles. The van der Waals surface area contributed by atoms with Crippen molar-refractivity contribution in [3.05, 3.63) is 62.1 Å². The van der Waals surface area contributed by atoms with E-state index in [1.165, 1.54) is 23.1 Å². The van der Waals surface area contributed by atoms with Gasteiger partial charge >= 0.3 is 0 Å². The average molecular weight is 583 g/mol. The van der Waals surface area contributed by atoms with Crippen molar-refractivity contribution in [1.82, 2.24) is 10.2 Å². The van der Waals surface area contributed by atoms with Gasteiger partial charge in [-0.3, -0.25) is 13.9 Å². The van der Waals surface area contributed by atoms with Gasteiger partial charge in [-0.25, -0.2) is 8.42 Å². The van der Waals surface area contributed by atoms with E-state index < -0.39 is 28.5 Å². The lowest BCUT2D eigenvalue weighted by Gasteiger charge is -2.32. The van der Waals surface area contributed by atoms with Crippen LogP contribution in [0.4, 0.5) is 5.69 Å². The van der Waals surface area contributed by atoms with E-state index in [2.05, 4.69) is 5.32 Å². The molecule has 12 heteroatoms. The Bertz CT molecular complexity index is 1170. The minimum atomic E-state index is -3.90. The van der Waals surface area contributed by atoms with Crippen molar-refractivity contribution in [2.24, 2.45) is 0 Å². The fourth-order valence-corrected chi connectivity index (χ4v) is 4.85. The van der Waals surface area contributed by atoms with Crippen molar-refractivity contribution in [2.45, 2.75) is 45.8 Å². The van der Waals surface area contributed by atoms with Crippen molar-refractivity contribution in [1.29, 1.82) is 0 Å². The first kappa shape index (κ1) is 29.5. The minimum absolute atomic E-state index is 0.00127.